The SMILES string of the molecule is CCCC(CCC)C(=O)OC(C)OC(=O)C1=C(CSc2nnnn2CCN(C)C)CS[C@H]2[C@H](NC(=O)Cc3csc(N)n3)C(=O)N12. The Morgan fingerprint density at radius 2 is 1.96 bits per heavy atom. The van der Waals surface area contributed by atoms with E-state index in [2.05, 4.69) is 25.8 Å². The number of rotatable bonds is 17. The molecule has 0 aliphatic carbocycles. The maximum absolute atomic E-state index is 13.7. The molecule has 1 saturated heterocycles. The molecule has 3 N–H and O–H groups in total. The van der Waals surface area contributed by atoms with Gasteiger partial charge in [0.2, 0.25) is 17.4 Å². The van der Waals surface area contributed by atoms with E-state index < -0.39 is 35.6 Å². The zero-order chi connectivity index (χ0) is 33.4. The van der Waals surface area contributed by atoms with Gasteiger partial charge >= 0.3 is 11.9 Å². The summed E-state index contributed by atoms with van der Waals surface area (Å²) in [6.45, 7) is 6.79. The Labute approximate surface area is 280 Å². The average molecular weight is 696 g/mol. The summed E-state index contributed by atoms with van der Waals surface area (Å²) < 4.78 is 12.8. The van der Waals surface area contributed by atoms with Crippen LogP contribution in [0.25, 0.3) is 0 Å². The lowest BCUT2D eigenvalue weighted by Gasteiger charge is -2.49. The van der Waals surface area contributed by atoms with Crippen LogP contribution in [0.3, 0.4) is 0 Å². The van der Waals surface area contributed by atoms with Crippen LogP contribution in [0.5, 0.6) is 0 Å². The van der Waals surface area contributed by atoms with Gasteiger partial charge < -0.3 is 25.4 Å². The molecule has 0 spiro atoms. The smallest absolute Gasteiger partial charge is 0.358 e. The lowest BCUT2D eigenvalue weighted by Crippen LogP contribution is -2.70. The number of nitrogen functional groups attached to an aromatic ring is 1. The summed E-state index contributed by atoms with van der Waals surface area (Å²) in [6, 6.07) is -0.831. The van der Waals surface area contributed by atoms with Crippen molar-refractivity contribution in [3.05, 3.63) is 22.3 Å². The van der Waals surface area contributed by atoms with Gasteiger partial charge in [-0.25, -0.2) is 14.5 Å². The molecular formula is C28H41N9O6S3. The van der Waals surface area contributed by atoms with Gasteiger partial charge in [-0.2, -0.15) is 0 Å². The van der Waals surface area contributed by atoms with Crippen LogP contribution >= 0.6 is 34.9 Å². The zero-order valence-corrected chi connectivity index (χ0v) is 29.1. The van der Waals surface area contributed by atoms with Gasteiger partial charge in [-0.3, -0.25) is 19.3 Å². The number of nitrogens with one attached hydrogen (secondary N) is 1. The standard InChI is InChI=1S/C28H41N9O6S3/c1-6-8-17(9-7-2)25(40)42-16(3)43-26(41)22-18(14-46-28-32-33-34-36(28)11-10-35(4)5)13-44-24-21(23(39)37(22)24)31-20(38)12-19-15-45-27(29)30-19/h15-17,21,24H,6-14H2,1-5H3,(H2,29,30)(H,31,38)/t16?,21-,24+/m1/s1. The highest BCUT2D eigenvalue weighted by Crippen LogP contribution is 2.42. The first kappa shape index (κ1) is 35.6. The third-order valence-electron chi connectivity index (χ3n) is 7.26. The summed E-state index contributed by atoms with van der Waals surface area (Å²) in [5, 5.41) is 16.8. The molecule has 1 unspecified atom stereocenters. The van der Waals surface area contributed by atoms with E-state index in [0.717, 1.165) is 19.4 Å². The third-order valence-corrected chi connectivity index (χ3v) is 10.4. The molecule has 1 fully saturated rings. The van der Waals surface area contributed by atoms with Gasteiger partial charge in [-0.15, -0.1) is 28.2 Å². The lowest BCUT2D eigenvalue weighted by molar-refractivity contribution is -0.187. The van der Waals surface area contributed by atoms with Gasteiger partial charge in [-0.05, 0) is 42.9 Å². The van der Waals surface area contributed by atoms with Crippen molar-refractivity contribution in [2.45, 2.75) is 82.3 Å². The van der Waals surface area contributed by atoms with Crippen LogP contribution in [0.15, 0.2) is 21.8 Å². The van der Waals surface area contributed by atoms with Gasteiger partial charge in [0, 0.05) is 30.4 Å². The Bertz CT molecular complexity index is 1420. The Kier molecular flexibility index (Phi) is 12.8. The minimum Gasteiger partial charge on any atom is -0.425 e. The number of fused-ring (bicyclic) bond motifs is 1. The molecule has 0 bridgehead atoms. The van der Waals surface area contributed by atoms with Crippen molar-refractivity contribution in [3.63, 3.8) is 0 Å². The van der Waals surface area contributed by atoms with E-state index in [-0.39, 0.29) is 23.9 Å². The van der Waals surface area contributed by atoms with E-state index in [1.54, 1.807) is 10.1 Å². The minimum atomic E-state index is -1.17. The maximum Gasteiger partial charge on any atom is 0.358 e. The van der Waals surface area contributed by atoms with Crippen LogP contribution in [0.1, 0.15) is 52.1 Å². The number of amides is 2. The molecule has 2 aliphatic rings. The number of thioether (sulfide) groups is 2. The van der Waals surface area contributed by atoms with E-state index in [4.69, 9.17) is 15.2 Å². The van der Waals surface area contributed by atoms with Crippen LogP contribution in [-0.4, -0.2) is 109 Å². The number of hydrogen-bond donors (Lipinski definition) is 2. The van der Waals surface area contributed by atoms with Crippen LogP contribution in [0.2, 0.25) is 0 Å². The number of carbonyl (C=O) groups excluding carboxylic acids is 4. The van der Waals surface area contributed by atoms with Crippen LogP contribution in [-0.2, 0) is 41.6 Å². The Hall–Kier alpha value is -3.22. The molecule has 15 nitrogen and oxygen atoms in total. The summed E-state index contributed by atoms with van der Waals surface area (Å²) in [7, 11) is 3.91. The number of nitrogens with zero attached hydrogens (tertiary/aromatic N) is 7. The molecule has 46 heavy (non-hydrogen) atoms. The highest BCUT2D eigenvalue weighted by Gasteiger charge is 2.54. The monoisotopic (exact) mass is 695 g/mol. The topological polar surface area (TPSA) is 188 Å². The van der Waals surface area contributed by atoms with Gasteiger partial charge in [0.05, 0.1) is 24.6 Å². The van der Waals surface area contributed by atoms with Crippen molar-refractivity contribution in [2.75, 3.05) is 37.9 Å². The molecule has 2 aliphatic heterocycles. The maximum atomic E-state index is 13.7. The van der Waals surface area contributed by atoms with E-state index in [1.807, 2.05) is 32.8 Å². The number of likely N-dealkylation sites (N-methyl/N-ethyl adjacent to an activating group) is 1. The highest BCUT2D eigenvalue weighted by atomic mass is 32.2. The number of nitrogens with two attached hydrogens (primary N) is 1. The van der Waals surface area contributed by atoms with Gasteiger partial charge in [0.15, 0.2) is 5.13 Å². The number of aromatic nitrogens is 5. The van der Waals surface area contributed by atoms with Crippen molar-refractivity contribution in [1.82, 2.24) is 40.3 Å². The molecule has 2 aromatic rings. The molecule has 4 rings (SSSR count). The quantitative estimate of drug-likeness (QED) is 0.106. The fourth-order valence-electron chi connectivity index (χ4n) is 5.03. The minimum absolute atomic E-state index is 0.0238. The van der Waals surface area contributed by atoms with Crippen molar-refractivity contribution < 1.29 is 28.7 Å². The van der Waals surface area contributed by atoms with Crippen molar-refractivity contribution in [3.8, 4) is 0 Å². The van der Waals surface area contributed by atoms with E-state index in [9.17, 15) is 19.2 Å². The summed E-state index contributed by atoms with van der Waals surface area (Å²) in [5.74, 6) is -1.60. The predicted octanol–water partition coefficient (Wildman–Crippen LogP) is 1.91. The first-order chi connectivity index (χ1) is 22.0. The molecule has 4 heterocycles. The summed E-state index contributed by atoms with van der Waals surface area (Å²) in [6.07, 6.45) is 1.82. The predicted molar refractivity (Wildman–Crippen MR) is 174 cm³/mol. The van der Waals surface area contributed by atoms with Crippen molar-refractivity contribution in [2.24, 2.45) is 5.92 Å². The largest absolute Gasteiger partial charge is 0.425 e. The highest BCUT2D eigenvalue weighted by molar-refractivity contribution is 8.01. The van der Waals surface area contributed by atoms with Crippen molar-refractivity contribution >= 4 is 63.7 Å². The molecule has 0 radical (unpaired) electrons. The molecule has 252 valence electrons. The number of thiazole rings is 1. The van der Waals surface area contributed by atoms with E-state index >= 15 is 0 Å². The second-order valence-corrected chi connectivity index (χ2v) is 14.2. The number of anilines is 1. The van der Waals surface area contributed by atoms with Crippen LogP contribution in [0.4, 0.5) is 5.13 Å². The number of carbonyl (C=O) groups is 4. The molecule has 3 atom stereocenters. The Morgan fingerprint density at radius 1 is 1.22 bits per heavy atom. The second-order valence-electron chi connectivity index (χ2n) is 11.2. The van der Waals surface area contributed by atoms with Crippen LogP contribution in [0, 0.1) is 5.92 Å². The average Bonchev–Trinajstić information content (AvgIpc) is 3.64. The molecule has 0 aromatic carbocycles. The van der Waals surface area contributed by atoms with E-state index in [0.29, 0.717) is 52.4 Å². The first-order valence-electron chi connectivity index (χ1n) is 15.1. The lowest BCUT2D eigenvalue weighted by atomic mass is 9.99. The fourth-order valence-corrected chi connectivity index (χ4v) is 7.98. The van der Waals surface area contributed by atoms with Gasteiger partial charge in [0.1, 0.15) is 17.1 Å². The molecule has 2 aromatic heterocycles. The normalized spacial score (nSPS) is 18.4. The second kappa shape index (κ2) is 16.6. The summed E-state index contributed by atoms with van der Waals surface area (Å²) >= 11 is 4.01. The fraction of sp³-hybridized carbons (Fsp3) is 0.643. The number of esters is 2. The number of ether oxygens (including phenoxy) is 2. The number of hydrogen-bond acceptors (Lipinski definition) is 15. The van der Waals surface area contributed by atoms with Gasteiger partial charge in [0.25, 0.3) is 5.91 Å². The Morgan fingerprint density at radius 3 is 2.61 bits per heavy atom. The Balaban J connectivity index is 1.50. The molecule has 18 heteroatoms. The van der Waals surface area contributed by atoms with E-state index in [1.165, 1.54) is 46.7 Å². The van der Waals surface area contributed by atoms with Crippen LogP contribution < -0.4 is 11.1 Å². The number of tetrazole rings is 1. The van der Waals surface area contributed by atoms with Crippen molar-refractivity contribution in [1.29, 1.82) is 0 Å². The zero-order valence-electron chi connectivity index (χ0n) is 26.6. The molecular weight excluding hydrogens is 655 g/mol. The third kappa shape index (κ3) is 8.98. The molecule has 2 amide bonds. The summed E-state index contributed by atoms with van der Waals surface area (Å²) in [5.41, 5.74) is 6.90. The van der Waals surface area contributed by atoms with Gasteiger partial charge in [-0.1, -0.05) is 38.5 Å². The first-order valence-corrected chi connectivity index (χ1v) is 18.0. The number of β-lactam (4-membered cyclic amide) rings is 1. The molecule has 0 saturated carbocycles. The summed E-state index contributed by atoms with van der Waals surface area (Å²) in [4.78, 5) is 60.2.